The number of aliphatic hydroxyl groups excluding tert-OH is 1. The molecule has 0 aromatic heterocycles. The van der Waals surface area contributed by atoms with Crippen molar-refractivity contribution >= 4 is 0 Å². The van der Waals surface area contributed by atoms with E-state index in [2.05, 4.69) is 10.0 Å². The molecule has 0 spiro atoms. The van der Waals surface area contributed by atoms with Crippen LogP contribution in [0.2, 0.25) is 0 Å². The molecule has 0 radical (unpaired) electrons. The predicted octanol–water partition coefficient (Wildman–Crippen LogP) is 7.27. The number of rotatable bonds is 14. The Labute approximate surface area is 270 Å². The maximum atomic E-state index is 11.5. The quantitative estimate of drug-likeness (QED) is 0.0908. The van der Waals surface area contributed by atoms with Crippen LogP contribution < -0.4 is 0 Å². The van der Waals surface area contributed by atoms with E-state index >= 15 is 0 Å². The lowest BCUT2D eigenvalue weighted by Crippen LogP contribution is -2.50. The van der Waals surface area contributed by atoms with Crippen molar-refractivity contribution in [1.82, 2.24) is 0 Å². The Morgan fingerprint density at radius 1 is 0.587 bits per heavy atom. The van der Waals surface area contributed by atoms with Gasteiger partial charge in [0.2, 0.25) is 0 Å². The van der Waals surface area contributed by atoms with Crippen LogP contribution in [0.5, 0.6) is 0 Å². The van der Waals surface area contributed by atoms with Gasteiger partial charge in [-0.15, -0.1) is 0 Å². The van der Waals surface area contributed by atoms with Crippen LogP contribution in [0.15, 0.2) is 126 Å². The van der Waals surface area contributed by atoms with E-state index in [1.165, 1.54) is 0 Å². The van der Waals surface area contributed by atoms with Crippen molar-refractivity contribution in [1.29, 1.82) is 0 Å². The highest BCUT2D eigenvalue weighted by atomic mass is 16.6. The average Bonchev–Trinajstić information content (AvgIpc) is 3.41. The molecule has 0 bridgehead atoms. The third-order valence-corrected chi connectivity index (χ3v) is 9.21. The highest BCUT2D eigenvalue weighted by Crippen LogP contribution is 2.51. The Morgan fingerprint density at radius 3 is 1.46 bits per heavy atom. The van der Waals surface area contributed by atoms with E-state index in [4.69, 9.17) is 18.9 Å². The second kappa shape index (κ2) is 16.0. The molecule has 0 unspecified atom stereocenters. The Bertz CT molecular complexity index is 1520. The van der Waals surface area contributed by atoms with Crippen LogP contribution in [0.4, 0.5) is 0 Å². The molecule has 2 aliphatic rings. The number of aliphatic hydroxyl groups is 1. The molecule has 238 valence electrons. The Kier molecular flexibility index (Phi) is 11.1. The molecule has 4 aromatic carbocycles. The van der Waals surface area contributed by atoms with Gasteiger partial charge in [-0.05, 0) is 46.0 Å². The number of ether oxygens (including phenoxy) is 4. The summed E-state index contributed by atoms with van der Waals surface area (Å²) < 4.78 is 26.6. The second-order valence-electron chi connectivity index (χ2n) is 12.2. The van der Waals surface area contributed by atoms with E-state index in [1.807, 2.05) is 121 Å². The normalized spacial score (nSPS) is 27.1. The molecule has 0 heterocycles. The summed E-state index contributed by atoms with van der Waals surface area (Å²) in [7, 11) is 0. The van der Waals surface area contributed by atoms with Crippen molar-refractivity contribution in [3.05, 3.63) is 154 Å². The van der Waals surface area contributed by atoms with Crippen molar-refractivity contribution < 1.29 is 24.1 Å². The third kappa shape index (κ3) is 7.85. The van der Waals surface area contributed by atoms with E-state index in [1.54, 1.807) is 0 Å². The van der Waals surface area contributed by atoms with Gasteiger partial charge in [0.05, 0.1) is 57.4 Å². The first-order valence-corrected chi connectivity index (χ1v) is 16.0. The number of fused-ring (bicyclic) bond motifs is 1. The zero-order chi connectivity index (χ0) is 31.6. The van der Waals surface area contributed by atoms with Crippen molar-refractivity contribution in [3.8, 4) is 0 Å². The van der Waals surface area contributed by atoms with Gasteiger partial charge >= 0.3 is 0 Å². The van der Waals surface area contributed by atoms with E-state index in [-0.39, 0.29) is 17.8 Å². The fourth-order valence-corrected chi connectivity index (χ4v) is 7.13. The standard InChI is InChI=1S/C38H41N3O5/c39-41-40-35-32(42)21-31(26-43-22-27-13-5-1-6-14-27)33-34(35)37(45-24-29-17-9-3-10-18-29)38(46-25-30-19-11-4-12-20-30)36(33)44-23-28-15-7-2-8-16-28/h1-20,31-38,42H,21-26H2/t31-,32-,33+,34-,35+,36+,37+,38+/m0/s1. The van der Waals surface area contributed by atoms with Crippen LogP contribution in [0.3, 0.4) is 0 Å². The van der Waals surface area contributed by atoms with Crippen molar-refractivity contribution in [2.45, 2.75) is 63.3 Å². The van der Waals surface area contributed by atoms with Crippen LogP contribution in [-0.4, -0.2) is 42.2 Å². The summed E-state index contributed by atoms with van der Waals surface area (Å²) in [5.41, 5.74) is 13.8. The highest BCUT2D eigenvalue weighted by Gasteiger charge is 2.61. The van der Waals surface area contributed by atoms with Gasteiger partial charge in [-0.2, -0.15) is 0 Å². The lowest BCUT2D eigenvalue weighted by atomic mass is 9.69. The Hall–Kier alpha value is -4.01. The van der Waals surface area contributed by atoms with Gasteiger partial charge in [-0.25, -0.2) is 0 Å². The first-order chi connectivity index (χ1) is 22.7. The van der Waals surface area contributed by atoms with Gasteiger partial charge in [0.25, 0.3) is 0 Å². The minimum atomic E-state index is -0.854. The molecule has 8 nitrogen and oxygen atoms in total. The smallest absolute Gasteiger partial charge is 0.111 e. The van der Waals surface area contributed by atoms with E-state index in [9.17, 15) is 10.6 Å². The minimum absolute atomic E-state index is 0.0808. The molecule has 6 rings (SSSR count). The predicted molar refractivity (Wildman–Crippen MR) is 175 cm³/mol. The largest absolute Gasteiger partial charge is 0.393 e. The van der Waals surface area contributed by atoms with E-state index < -0.39 is 30.5 Å². The van der Waals surface area contributed by atoms with Crippen molar-refractivity contribution in [2.75, 3.05) is 6.61 Å². The summed E-state index contributed by atoms with van der Waals surface area (Å²) in [5, 5.41) is 15.6. The Balaban J connectivity index is 1.34. The molecule has 2 aliphatic carbocycles. The maximum absolute atomic E-state index is 11.5. The van der Waals surface area contributed by atoms with Crippen LogP contribution in [0.25, 0.3) is 10.4 Å². The molecule has 8 heteroatoms. The summed E-state index contributed by atoms with van der Waals surface area (Å²) in [6.07, 6.45) is -1.82. The Morgan fingerprint density at radius 2 is 1.00 bits per heavy atom. The highest BCUT2D eigenvalue weighted by molar-refractivity contribution is 5.18. The zero-order valence-corrected chi connectivity index (χ0v) is 25.8. The topological polar surface area (TPSA) is 106 Å². The zero-order valence-electron chi connectivity index (χ0n) is 25.8. The van der Waals surface area contributed by atoms with Gasteiger partial charge in [0.1, 0.15) is 6.10 Å². The first-order valence-electron chi connectivity index (χ1n) is 16.0. The van der Waals surface area contributed by atoms with Crippen molar-refractivity contribution in [2.24, 2.45) is 22.9 Å². The monoisotopic (exact) mass is 619 g/mol. The van der Waals surface area contributed by atoms with E-state index in [0.29, 0.717) is 39.5 Å². The SMILES string of the molecule is [N-]=[N+]=N[C@H]1[C@H]2[C@@H](OCc3ccccc3)[C@H](OCc3ccccc3)[C@H](OCc3ccccc3)[C@@H]2[C@H](COCc2ccccc2)C[C@@H]1O. The summed E-state index contributed by atoms with van der Waals surface area (Å²) in [6.45, 7) is 1.97. The van der Waals surface area contributed by atoms with Crippen LogP contribution in [-0.2, 0) is 45.4 Å². The van der Waals surface area contributed by atoms with Crippen LogP contribution in [0, 0.1) is 17.8 Å². The molecule has 0 amide bonds. The molecule has 46 heavy (non-hydrogen) atoms. The number of azide groups is 1. The maximum Gasteiger partial charge on any atom is 0.111 e. The fourth-order valence-electron chi connectivity index (χ4n) is 7.13. The molecule has 4 aromatic rings. The van der Waals surface area contributed by atoms with Crippen molar-refractivity contribution in [3.63, 3.8) is 0 Å². The third-order valence-electron chi connectivity index (χ3n) is 9.21. The van der Waals surface area contributed by atoms with Gasteiger partial charge < -0.3 is 24.1 Å². The number of nitrogens with zero attached hydrogens (tertiary/aromatic N) is 3. The summed E-state index contributed by atoms with van der Waals surface area (Å²) in [6, 6.07) is 39.5. The fraction of sp³-hybridized carbons (Fsp3) is 0.368. The number of hydrogen-bond donors (Lipinski definition) is 1. The molecule has 0 aliphatic heterocycles. The summed E-state index contributed by atoms with van der Waals surface area (Å²) in [4.78, 5) is 3.18. The number of benzene rings is 4. The lowest BCUT2D eigenvalue weighted by molar-refractivity contribution is -0.132. The molecule has 2 fully saturated rings. The lowest BCUT2D eigenvalue weighted by Gasteiger charge is -2.43. The van der Waals surface area contributed by atoms with E-state index in [0.717, 1.165) is 22.3 Å². The van der Waals surface area contributed by atoms with Gasteiger partial charge in [0.15, 0.2) is 0 Å². The first kappa shape index (κ1) is 32.0. The van der Waals surface area contributed by atoms with Crippen LogP contribution in [0.1, 0.15) is 28.7 Å². The average molecular weight is 620 g/mol. The molecule has 2 saturated carbocycles. The van der Waals surface area contributed by atoms with Gasteiger partial charge in [-0.1, -0.05) is 126 Å². The summed E-state index contributed by atoms with van der Waals surface area (Å²) >= 11 is 0. The molecular formula is C38H41N3O5. The number of hydrogen-bond acceptors (Lipinski definition) is 6. The van der Waals surface area contributed by atoms with Gasteiger partial charge in [-0.3, -0.25) is 0 Å². The second-order valence-corrected chi connectivity index (χ2v) is 12.2. The van der Waals surface area contributed by atoms with Gasteiger partial charge in [0, 0.05) is 10.8 Å². The molecule has 0 saturated heterocycles. The van der Waals surface area contributed by atoms with Crippen LogP contribution >= 0.6 is 0 Å². The molecule has 8 atom stereocenters. The minimum Gasteiger partial charge on any atom is -0.393 e. The molecular weight excluding hydrogens is 578 g/mol. The molecule has 1 N–H and O–H groups in total. The summed E-state index contributed by atoms with van der Waals surface area (Å²) in [5.74, 6) is -0.585.